The van der Waals surface area contributed by atoms with Crippen LogP contribution in [0.5, 0.6) is 0 Å². The molecule has 1 aromatic rings. The standard InChI is InChI=1S/C15H23N3OS/c1-11-5-6-12(9-13(11)16)15-18(14(19)10-20-15)8-4-7-17(2)3/h5-6,9,15H,4,7-8,10,16H2,1-3H3. The highest BCUT2D eigenvalue weighted by Crippen LogP contribution is 2.39. The highest BCUT2D eigenvalue weighted by atomic mass is 32.2. The maximum Gasteiger partial charge on any atom is 0.233 e. The van der Waals surface area contributed by atoms with E-state index in [1.54, 1.807) is 11.8 Å². The maximum absolute atomic E-state index is 12.0. The van der Waals surface area contributed by atoms with Crippen molar-refractivity contribution in [3.8, 4) is 0 Å². The normalized spacial score (nSPS) is 19.1. The van der Waals surface area contributed by atoms with Crippen LogP contribution in [0.1, 0.15) is 22.9 Å². The molecule has 2 rings (SSSR count). The number of benzene rings is 1. The zero-order valence-corrected chi connectivity index (χ0v) is 13.2. The Kier molecular flexibility index (Phi) is 4.94. The Morgan fingerprint density at radius 2 is 2.20 bits per heavy atom. The van der Waals surface area contributed by atoms with Crippen LogP contribution < -0.4 is 5.73 Å². The number of carbonyl (C=O) groups excluding carboxylic acids is 1. The molecule has 0 spiro atoms. The van der Waals surface area contributed by atoms with E-state index in [-0.39, 0.29) is 11.3 Å². The molecule has 0 aromatic heterocycles. The number of carbonyl (C=O) groups is 1. The number of anilines is 1. The lowest BCUT2D eigenvalue weighted by molar-refractivity contribution is -0.128. The van der Waals surface area contributed by atoms with Crippen molar-refractivity contribution < 1.29 is 4.79 Å². The van der Waals surface area contributed by atoms with Crippen molar-refractivity contribution in [3.05, 3.63) is 29.3 Å². The second-order valence-electron chi connectivity index (χ2n) is 5.52. The Labute approximate surface area is 125 Å². The summed E-state index contributed by atoms with van der Waals surface area (Å²) in [5, 5.41) is 0.118. The number of nitrogen functional groups attached to an aromatic ring is 1. The van der Waals surface area contributed by atoms with Crippen LogP contribution in [0.2, 0.25) is 0 Å². The van der Waals surface area contributed by atoms with Gasteiger partial charge in [-0.15, -0.1) is 11.8 Å². The molecular weight excluding hydrogens is 270 g/mol. The Morgan fingerprint density at radius 3 is 2.85 bits per heavy atom. The van der Waals surface area contributed by atoms with Gasteiger partial charge in [0.05, 0.1) is 5.75 Å². The van der Waals surface area contributed by atoms with Gasteiger partial charge in [-0.2, -0.15) is 0 Å². The Bertz CT molecular complexity index is 490. The molecule has 2 N–H and O–H groups in total. The van der Waals surface area contributed by atoms with Gasteiger partial charge >= 0.3 is 0 Å². The summed E-state index contributed by atoms with van der Waals surface area (Å²) in [5.41, 5.74) is 9.01. The quantitative estimate of drug-likeness (QED) is 0.845. The fourth-order valence-electron chi connectivity index (χ4n) is 2.34. The molecule has 1 aliphatic heterocycles. The van der Waals surface area contributed by atoms with Gasteiger partial charge in [0, 0.05) is 12.2 Å². The van der Waals surface area contributed by atoms with E-state index in [0.29, 0.717) is 5.75 Å². The molecule has 1 unspecified atom stereocenters. The first kappa shape index (κ1) is 15.2. The van der Waals surface area contributed by atoms with Crippen LogP contribution >= 0.6 is 11.8 Å². The monoisotopic (exact) mass is 293 g/mol. The fourth-order valence-corrected chi connectivity index (χ4v) is 3.55. The average molecular weight is 293 g/mol. The van der Waals surface area contributed by atoms with E-state index in [4.69, 9.17) is 5.73 Å². The maximum atomic E-state index is 12.0. The molecule has 20 heavy (non-hydrogen) atoms. The first-order chi connectivity index (χ1) is 9.49. The van der Waals surface area contributed by atoms with Crippen molar-refractivity contribution in [3.63, 3.8) is 0 Å². The third-order valence-electron chi connectivity index (χ3n) is 3.56. The van der Waals surface area contributed by atoms with Gasteiger partial charge in [-0.3, -0.25) is 4.79 Å². The number of hydrogen-bond donors (Lipinski definition) is 1. The topological polar surface area (TPSA) is 49.6 Å². The molecule has 1 aromatic carbocycles. The first-order valence-electron chi connectivity index (χ1n) is 6.91. The third-order valence-corrected chi connectivity index (χ3v) is 4.82. The third kappa shape index (κ3) is 3.46. The highest BCUT2D eigenvalue weighted by Gasteiger charge is 2.32. The van der Waals surface area contributed by atoms with Gasteiger partial charge in [0.15, 0.2) is 0 Å². The number of aryl methyl sites for hydroxylation is 1. The van der Waals surface area contributed by atoms with Crippen molar-refractivity contribution in [1.29, 1.82) is 0 Å². The van der Waals surface area contributed by atoms with Gasteiger partial charge in [-0.05, 0) is 51.2 Å². The van der Waals surface area contributed by atoms with Gasteiger partial charge in [-0.25, -0.2) is 0 Å². The molecule has 110 valence electrons. The van der Waals surface area contributed by atoms with Crippen molar-refractivity contribution in [1.82, 2.24) is 9.80 Å². The van der Waals surface area contributed by atoms with Gasteiger partial charge in [0.2, 0.25) is 5.91 Å². The minimum atomic E-state index is 0.118. The van der Waals surface area contributed by atoms with Crippen LogP contribution in [0.4, 0.5) is 5.69 Å². The molecular formula is C15H23N3OS. The summed E-state index contributed by atoms with van der Waals surface area (Å²) >= 11 is 1.69. The average Bonchev–Trinajstić information content (AvgIpc) is 2.74. The molecule has 5 heteroatoms. The van der Waals surface area contributed by atoms with E-state index in [0.717, 1.165) is 36.3 Å². The fraction of sp³-hybridized carbons (Fsp3) is 0.533. The number of nitrogens with zero attached hydrogens (tertiary/aromatic N) is 2. The molecule has 0 bridgehead atoms. The molecule has 1 saturated heterocycles. The lowest BCUT2D eigenvalue weighted by Gasteiger charge is -2.25. The number of hydrogen-bond acceptors (Lipinski definition) is 4. The summed E-state index contributed by atoms with van der Waals surface area (Å²) in [6, 6.07) is 6.12. The predicted octanol–water partition coefficient (Wildman–Crippen LogP) is 2.10. The minimum absolute atomic E-state index is 0.118. The second-order valence-corrected chi connectivity index (χ2v) is 6.59. The Hall–Kier alpha value is -1.20. The lowest BCUT2D eigenvalue weighted by Crippen LogP contribution is -2.31. The van der Waals surface area contributed by atoms with Crippen molar-refractivity contribution in [2.75, 3.05) is 38.7 Å². The summed E-state index contributed by atoms with van der Waals surface area (Å²) in [6.45, 7) is 3.81. The number of thioether (sulfide) groups is 1. The van der Waals surface area contributed by atoms with E-state index in [1.165, 1.54) is 0 Å². The number of rotatable bonds is 5. The summed E-state index contributed by atoms with van der Waals surface area (Å²) in [4.78, 5) is 16.2. The summed E-state index contributed by atoms with van der Waals surface area (Å²) in [5.74, 6) is 0.804. The minimum Gasteiger partial charge on any atom is -0.399 e. The van der Waals surface area contributed by atoms with Gasteiger partial charge in [-0.1, -0.05) is 12.1 Å². The van der Waals surface area contributed by atoms with Gasteiger partial charge in [0.25, 0.3) is 0 Å². The number of amides is 1. The summed E-state index contributed by atoms with van der Waals surface area (Å²) < 4.78 is 0. The van der Waals surface area contributed by atoms with Crippen LogP contribution in [-0.4, -0.2) is 48.6 Å². The first-order valence-corrected chi connectivity index (χ1v) is 7.95. The highest BCUT2D eigenvalue weighted by molar-refractivity contribution is 8.00. The van der Waals surface area contributed by atoms with E-state index >= 15 is 0 Å². The molecule has 1 amide bonds. The molecule has 1 atom stereocenters. The molecule has 1 heterocycles. The SMILES string of the molecule is Cc1ccc(C2SCC(=O)N2CCCN(C)C)cc1N. The molecule has 1 fully saturated rings. The molecule has 0 saturated carbocycles. The van der Waals surface area contributed by atoms with Crippen LogP contribution in [-0.2, 0) is 4.79 Å². The predicted molar refractivity (Wildman–Crippen MR) is 85.7 cm³/mol. The zero-order valence-electron chi connectivity index (χ0n) is 12.4. The van der Waals surface area contributed by atoms with Gasteiger partial charge < -0.3 is 15.5 Å². The van der Waals surface area contributed by atoms with Crippen molar-refractivity contribution in [2.45, 2.75) is 18.7 Å². The van der Waals surface area contributed by atoms with E-state index in [1.807, 2.05) is 24.0 Å². The Morgan fingerprint density at radius 1 is 1.45 bits per heavy atom. The van der Waals surface area contributed by atoms with E-state index in [9.17, 15) is 4.79 Å². The largest absolute Gasteiger partial charge is 0.399 e. The molecule has 0 radical (unpaired) electrons. The van der Waals surface area contributed by atoms with E-state index < -0.39 is 0 Å². The summed E-state index contributed by atoms with van der Waals surface area (Å²) in [6.07, 6.45) is 0.997. The number of nitrogens with two attached hydrogens (primary N) is 1. The smallest absolute Gasteiger partial charge is 0.233 e. The van der Waals surface area contributed by atoms with Crippen LogP contribution in [0.15, 0.2) is 18.2 Å². The van der Waals surface area contributed by atoms with Crippen LogP contribution in [0.3, 0.4) is 0 Å². The van der Waals surface area contributed by atoms with Gasteiger partial charge in [0.1, 0.15) is 5.37 Å². The van der Waals surface area contributed by atoms with Crippen LogP contribution in [0.25, 0.3) is 0 Å². The van der Waals surface area contributed by atoms with Crippen LogP contribution in [0, 0.1) is 6.92 Å². The van der Waals surface area contributed by atoms with Crippen molar-refractivity contribution in [2.24, 2.45) is 0 Å². The molecule has 4 nitrogen and oxygen atoms in total. The Balaban J connectivity index is 2.08. The van der Waals surface area contributed by atoms with Crippen molar-refractivity contribution >= 4 is 23.4 Å². The molecule has 1 aliphatic rings. The summed E-state index contributed by atoms with van der Waals surface area (Å²) in [7, 11) is 4.11. The van der Waals surface area contributed by atoms with E-state index in [2.05, 4.69) is 25.1 Å². The zero-order chi connectivity index (χ0) is 14.7. The lowest BCUT2D eigenvalue weighted by atomic mass is 10.1. The second kappa shape index (κ2) is 6.50. The molecule has 0 aliphatic carbocycles.